The van der Waals surface area contributed by atoms with Crippen molar-refractivity contribution in [2.45, 2.75) is 27.2 Å². The topological polar surface area (TPSA) is 70.6 Å². The number of ether oxygens (including phenoxy) is 1. The van der Waals surface area contributed by atoms with Crippen molar-refractivity contribution in [1.29, 1.82) is 0 Å². The maximum absolute atomic E-state index is 13.0. The maximum Gasteiger partial charge on any atom is 0.321 e. The second kappa shape index (κ2) is 12.0. The van der Waals surface area contributed by atoms with Crippen LogP contribution in [0.25, 0.3) is 11.4 Å². The third-order valence-corrected chi connectivity index (χ3v) is 6.98. The van der Waals surface area contributed by atoms with Gasteiger partial charge in [0.15, 0.2) is 5.82 Å². The van der Waals surface area contributed by atoms with Crippen molar-refractivity contribution < 1.29 is 9.53 Å². The fraction of sp³-hybridized carbons (Fsp3) is 0.281. The van der Waals surface area contributed by atoms with E-state index >= 15 is 0 Å². The summed E-state index contributed by atoms with van der Waals surface area (Å²) in [6.45, 7) is 9.33. The van der Waals surface area contributed by atoms with Crippen molar-refractivity contribution in [3.05, 3.63) is 101 Å². The molecular weight excluding hydrogens is 486 g/mol. The molecule has 7 nitrogen and oxygen atoms in total. The summed E-state index contributed by atoms with van der Waals surface area (Å²) >= 11 is 0. The highest BCUT2D eigenvalue weighted by molar-refractivity contribution is 5.89. The van der Waals surface area contributed by atoms with Crippen LogP contribution in [0, 0.1) is 13.8 Å². The molecule has 1 aromatic heterocycles. The van der Waals surface area contributed by atoms with E-state index in [1.165, 1.54) is 11.1 Å². The minimum absolute atomic E-state index is 0.0948. The van der Waals surface area contributed by atoms with Crippen molar-refractivity contribution in [3.63, 3.8) is 0 Å². The van der Waals surface area contributed by atoms with E-state index in [9.17, 15) is 4.79 Å². The van der Waals surface area contributed by atoms with Crippen molar-refractivity contribution >= 4 is 17.5 Å². The number of benzene rings is 3. The molecule has 0 saturated carbocycles. The van der Waals surface area contributed by atoms with Crippen LogP contribution in [0.5, 0.6) is 5.75 Å². The lowest BCUT2D eigenvalue weighted by atomic mass is 10.0. The molecule has 0 spiro atoms. The third-order valence-electron chi connectivity index (χ3n) is 6.98. The predicted molar refractivity (Wildman–Crippen MR) is 157 cm³/mol. The summed E-state index contributed by atoms with van der Waals surface area (Å²) in [4.78, 5) is 27.2. The Kier molecular flexibility index (Phi) is 8.06. The molecule has 2 amide bonds. The molecule has 0 bridgehead atoms. The number of carbonyl (C=O) groups is 1. The molecule has 3 aromatic carbocycles. The van der Waals surface area contributed by atoms with Gasteiger partial charge in [-0.15, -0.1) is 0 Å². The lowest BCUT2D eigenvalue weighted by Crippen LogP contribution is -2.50. The normalized spacial score (nSPS) is 13.3. The molecule has 39 heavy (non-hydrogen) atoms. The summed E-state index contributed by atoms with van der Waals surface area (Å²) in [6, 6.07) is 26.1. The summed E-state index contributed by atoms with van der Waals surface area (Å²) in [5.74, 6) is 2.48. The summed E-state index contributed by atoms with van der Waals surface area (Å²) < 4.78 is 5.49. The van der Waals surface area contributed by atoms with Gasteiger partial charge >= 0.3 is 6.03 Å². The van der Waals surface area contributed by atoms with Gasteiger partial charge in [-0.2, -0.15) is 0 Å². The number of piperazine rings is 1. The van der Waals surface area contributed by atoms with Gasteiger partial charge in [0.05, 0.1) is 6.61 Å². The summed E-state index contributed by atoms with van der Waals surface area (Å²) in [5, 5.41) is 3.01. The first-order chi connectivity index (χ1) is 19.0. The lowest BCUT2D eigenvalue weighted by Gasteiger charge is -2.36. The van der Waals surface area contributed by atoms with Gasteiger partial charge in [0.25, 0.3) is 0 Å². The smallest absolute Gasteiger partial charge is 0.321 e. The fourth-order valence-electron chi connectivity index (χ4n) is 4.89. The molecule has 0 aliphatic carbocycles. The number of carbonyl (C=O) groups excluding carboxylic acids is 1. The summed E-state index contributed by atoms with van der Waals surface area (Å²) in [5.41, 5.74) is 6.28. The van der Waals surface area contributed by atoms with E-state index in [2.05, 4.69) is 66.5 Å². The van der Waals surface area contributed by atoms with Crippen LogP contribution in [-0.4, -0.2) is 53.7 Å². The number of anilines is 2. The van der Waals surface area contributed by atoms with E-state index in [-0.39, 0.29) is 6.03 Å². The molecular formula is C32H35N5O2. The number of nitrogens with one attached hydrogen (secondary N) is 1. The predicted octanol–water partition coefficient (Wildman–Crippen LogP) is 6.10. The first kappa shape index (κ1) is 26.2. The molecule has 0 radical (unpaired) electrons. The van der Waals surface area contributed by atoms with E-state index in [1.54, 1.807) is 0 Å². The van der Waals surface area contributed by atoms with E-state index in [0.29, 0.717) is 32.8 Å². The van der Waals surface area contributed by atoms with Gasteiger partial charge in [-0.3, -0.25) is 0 Å². The van der Waals surface area contributed by atoms with Gasteiger partial charge in [-0.1, -0.05) is 54.1 Å². The number of nitrogens with zero attached hydrogens (tertiary/aromatic N) is 4. The highest BCUT2D eigenvalue weighted by atomic mass is 16.5. The van der Waals surface area contributed by atoms with Crippen LogP contribution in [0.3, 0.4) is 0 Å². The first-order valence-corrected chi connectivity index (χ1v) is 13.5. The number of rotatable bonds is 7. The van der Waals surface area contributed by atoms with Gasteiger partial charge in [0.2, 0.25) is 0 Å². The van der Waals surface area contributed by atoms with Crippen molar-refractivity contribution in [1.82, 2.24) is 14.9 Å². The molecule has 0 atom stereocenters. The van der Waals surface area contributed by atoms with Crippen molar-refractivity contribution in [2.75, 3.05) is 43.0 Å². The number of hydrogen-bond acceptors (Lipinski definition) is 5. The van der Waals surface area contributed by atoms with Gasteiger partial charge in [0.1, 0.15) is 11.6 Å². The second-order valence-corrected chi connectivity index (χ2v) is 9.83. The molecule has 2 heterocycles. The van der Waals surface area contributed by atoms with Gasteiger partial charge < -0.3 is 19.9 Å². The number of hydrogen-bond donors (Lipinski definition) is 1. The van der Waals surface area contributed by atoms with E-state index in [4.69, 9.17) is 14.7 Å². The molecule has 0 unspecified atom stereocenters. The fourth-order valence-corrected chi connectivity index (χ4v) is 4.89. The molecule has 200 valence electrons. The number of amides is 2. The Labute approximate surface area is 230 Å². The molecule has 1 N–H and O–H groups in total. The van der Waals surface area contributed by atoms with E-state index in [0.717, 1.165) is 46.3 Å². The highest BCUT2D eigenvalue weighted by Crippen LogP contribution is 2.29. The van der Waals surface area contributed by atoms with Crippen LogP contribution in [0.4, 0.5) is 16.3 Å². The van der Waals surface area contributed by atoms with Crippen LogP contribution < -0.4 is 15.0 Å². The SMILES string of the molecule is CCOc1ccc(NC(=O)N2CCN(c3nc(-c4cccc(C)c4)nc(C)c3Cc3ccccc3)CC2)cc1. The zero-order valence-corrected chi connectivity index (χ0v) is 22.9. The van der Waals surface area contributed by atoms with Crippen LogP contribution >= 0.6 is 0 Å². The molecule has 5 rings (SSSR count). The van der Waals surface area contributed by atoms with Gasteiger partial charge in [0, 0.05) is 55.1 Å². The van der Waals surface area contributed by atoms with Gasteiger partial charge in [-0.25, -0.2) is 14.8 Å². The minimum Gasteiger partial charge on any atom is -0.494 e. The summed E-state index contributed by atoms with van der Waals surface area (Å²) in [6.07, 6.45) is 0.758. The Morgan fingerprint density at radius 3 is 2.33 bits per heavy atom. The van der Waals surface area contributed by atoms with Gasteiger partial charge in [-0.05, 0) is 56.7 Å². The van der Waals surface area contributed by atoms with Crippen LogP contribution in [-0.2, 0) is 6.42 Å². The molecule has 4 aromatic rings. The molecule has 1 aliphatic rings. The zero-order chi connectivity index (χ0) is 27.2. The number of aryl methyl sites for hydroxylation is 2. The summed E-state index contributed by atoms with van der Waals surface area (Å²) in [7, 11) is 0. The Morgan fingerprint density at radius 1 is 0.897 bits per heavy atom. The monoisotopic (exact) mass is 521 g/mol. The lowest BCUT2D eigenvalue weighted by molar-refractivity contribution is 0.208. The van der Waals surface area contributed by atoms with Crippen LogP contribution in [0.2, 0.25) is 0 Å². The Balaban J connectivity index is 1.35. The second-order valence-electron chi connectivity index (χ2n) is 9.83. The average Bonchev–Trinajstić information content (AvgIpc) is 2.96. The highest BCUT2D eigenvalue weighted by Gasteiger charge is 2.25. The molecule has 7 heteroatoms. The third kappa shape index (κ3) is 6.37. The zero-order valence-electron chi connectivity index (χ0n) is 22.9. The quantitative estimate of drug-likeness (QED) is 0.318. The van der Waals surface area contributed by atoms with Crippen LogP contribution in [0.1, 0.15) is 29.3 Å². The number of urea groups is 1. The van der Waals surface area contributed by atoms with E-state index < -0.39 is 0 Å². The maximum atomic E-state index is 13.0. The Hall–Kier alpha value is -4.39. The first-order valence-electron chi connectivity index (χ1n) is 13.5. The minimum atomic E-state index is -0.0948. The average molecular weight is 522 g/mol. The number of aromatic nitrogens is 2. The molecule has 1 saturated heterocycles. The Morgan fingerprint density at radius 2 is 1.64 bits per heavy atom. The largest absolute Gasteiger partial charge is 0.494 e. The Bertz CT molecular complexity index is 1410. The van der Waals surface area contributed by atoms with Crippen LogP contribution in [0.15, 0.2) is 78.9 Å². The molecule has 1 fully saturated rings. The molecule has 1 aliphatic heterocycles. The standard InChI is InChI=1S/C32H35N5O2/c1-4-39-28-15-13-27(14-16-28)34-32(38)37-19-17-36(18-20-37)31-29(22-25-10-6-5-7-11-25)24(3)33-30(35-31)26-12-8-9-23(2)21-26/h5-16,21H,4,17-20,22H2,1-3H3,(H,34,38). The van der Waals surface area contributed by atoms with Crippen molar-refractivity contribution in [2.24, 2.45) is 0 Å². The van der Waals surface area contributed by atoms with Crippen molar-refractivity contribution in [3.8, 4) is 17.1 Å². The van der Waals surface area contributed by atoms with E-state index in [1.807, 2.05) is 48.2 Å².